The molecule has 0 amide bonds. The van der Waals surface area contributed by atoms with E-state index in [1.54, 1.807) is 6.92 Å². The van der Waals surface area contributed by atoms with Gasteiger partial charge in [0.25, 0.3) is 0 Å². The van der Waals surface area contributed by atoms with Crippen LogP contribution in [0.1, 0.15) is 15.9 Å². The third-order valence-electron chi connectivity index (χ3n) is 1.75. The molecule has 0 spiro atoms. The van der Waals surface area contributed by atoms with Gasteiger partial charge in [0, 0.05) is 9.75 Å². The first-order valence-electron chi connectivity index (χ1n) is 3.85. The predicted octanol–water partition coefficient (Wildman–Crippen LogP) is 3.29. The largest absolute Gasteiger partial charge is 0.456 e. The van der Waals surface area contributed by atoms with Gasteiger partial charge in [-0.25, -0.2) is 0 Å². The molecule has 0 saturated carbocycles. The van der Waals surface area contributed by atoms with Crippen LogP contribution in [0, 0.1) is 6.92 Å². The minimum absolute atomic E-state index is 0.394. The first-order valence-corrected chi connectivity index (χ1v) is 4.67. The van der Waals surface area contributed by atoms with Crippen molar-refractivity contribution < 1.29 is 27.1 Å². The molecule has 1 rings (SSSR count). The van der Waals surface area contributed by atoms with Crippen LogP contribution in [0.5, 0.6) is 0 Å². The van der Waals surface area contributed by atoms with Crippen molar-refractivity contribution in [3.63, 3.8) is 0 Å². The molecule has 0 saturated heterocycles. The number of aliphatic hydroxyl groups is 1. The standard InChI is InChI=1S/C8H7F5OS/c1-4-2-3-5(15-4)6(14)7(9,10)8(11,12)13/h2-3,6,14H,1H3. The van der Waals surface area contributed by atoms with Gasteiger partial charge in [0.2, 0.25) is 0 Å². The van der Waals surface area contributed by atoms with Crippen LogP contribution in [-0.4, -0.2) is 17.2 Å². The van der Waals surface area contributed by atoms with E-state index in [2.05, 4.69) is 0 Å². The maximum atomic E-state index is 12.7. The van der Waals surface area contributed by atoms with E-state index in [0.717, 1.165) is 6.07 Å². The summed E-state index contributed by atoms with van der Waals surface area (Å²) in [4.78, 5) is 0.164. The smallest absolute Gasteiger partial charge is 0.381 e. The van der Waals surface area contributed by atoms with Gasteiger partial charge in [-0.15, -0.1) is 11.3 Å². The number of rotatable bonds is 2. The molecule has 1 unspecified atom stereocenters. The molecule has 86 valence electrons. The van der Waals surface area contributed by atoms with Gasteiger partial charge in [-0.3, -0.25) is 0 Å². The fourth-order valence-electron chi connectivity index (χ4n) is 0.934. The summed E-state index contributed by atoms with van der Waals surface area (Å²) in [5, 5.41) is 8.94. The highest BCUT2D eigenvalue weighted by Gasteiger charge is 2.62. The maximum Gasteiger partial charge on any atom is 0.456 e. The van der Waals surface area contributed by atoms with Crippen LogP contribution in [0.4, 0.5) is 22.0 Å². The monoisotopic (exact) mass is 246 g/mol. The number of hydrogen-bond acceptors (Lipinski definition) is 2. The molecule has 0 aliphatic carbocycles. The summed E-state index contributed by atoms with van der Waals surface area (Å²) in [6.45, 7) is 1.55. The zero-order valence-corrected chi connectivity index (χ0v) is 8.29. The normalized spacial score (nSPS) is 15.4. The van der Waals surface area contributed by atoms with Crippen molar-refractivity contribution in [2.45, 2.75) is 25.1 Å². The number of halogens is 5. The fraction of sp³-hybridized carbons (Fsp3) is 0.500. The lowest BCUT2D eigenvalue weighted by molar-refractivity contribution is -0.314. The van der Waals surface area contributed by atoms with Crippen LogP contribution in [0.25, 0.3) is 0 Å². The molecule has 1 heterocycles. The molecule has 0 fully saturated rings. The second-order valence-electron chi connectivity index (χ2n) is 2.97. The minimum Gasteiger partial charge on any atom is -0.381 e. The Bertz CT molecular complexity index is 343. The Labute approximate surface area is 86.2 Å². The molecular weight excluding hydrogens is 239 g/mol. The topological polar surface area (TPSA) is 20.2 Å². The highest BCUT2D eigenvalue weighted by atomic mass is 32.1. The molecule has 0 aliphatic rings. The molecule has 1 aromatic heterocycles. The van der Waals surface area contributed by atoms with E-state index >= 15 is 0 Å². The third kappa shape index (κ3) is 2.28. The van der Waals surface area contributed by atoms with E-state index in [9.17, 15) is 22.0 Å². The summed E-state index contributed by atoms with van der Waals surface area (Å²) >= 11 is 0.709. The third-order valence-corrected chi connectivity index (χ3v) is 2.81. The average Bonchev–Trinajstić information content (AvgIpc) is 2.48. The Kier molecular flexibility index (Phi) is 3.06. The minimum atomic E-state index is -5.75. The SMILES string of the molecule is Cc1ccc(C(O)C(F)(F)C(F)(F)F)s1. The van der Waals surface area contributed by atoms with Gasteiger partial charge >= 0.3 is 12.1 Å². The number of hydrogen-bond donors (Lipinski definition) is 1. The Hall–Kier alpha value is -0.690. The van der Waals surface area contributed by atoms with E-state index in [4.69, 9.17) is 5.11 Å². The van der Waals surface area contributed by atoms with Gasteiger partial charge in [-0.1, -0.05) is 0 Å². The summed E-state index contributed by atoms with van der Waals surface area (Å²) in [7, 11) is 0. The first-order chi connectivity index (χ1) is 6.66. The molecule has 0 bridgehead atoms. The Morgan fingerprint density at radius 1 is 1.20 bits per heavy atom. The molecule has 1 nitrogen and oxygen atoms in total. The molecule has 1 atom stereocenters. The lowest BCUT2D eigenvalue weighted by Gasteiger charge is -2.23. The molecule has 1 N–H and O–H groups in total. The van der Waals surface area contributed by atoms with E-state index in [-0.39, 0.29) is 0 Å². The summed E-state index contributed by atoms with van der Waals surface area (Å²) < 4.78 is 60.9. The highest BCUT2D eigenvalue weighted by Crippen LogP contribution is 2.45. The molecule has 0 aliphatic heterocycles. The van der Waals surface area contributed by atoms with Gasteiger partial charge in [0.1, 0.15) is 0 Å². The van der Waals surface area contributed by atoms with Crippen LogP contribution in [0.15, 0.2) is 12.1 Å². The summed E-state index contributed by atoms with van der Waals surface area (Å²) in [5.41, 5.74) is 0. The van der Waals surface area contributed by atoms with Gasteiger partial charge < -0.3 is 5.11 Å². The zero-order chi connectivity index (χ0) is 11.9. The van der Waals surface area contributed by atoms with Crippen molar-refractivity contribution in [2.24, 2.45) is 0 Å². The van der Waals surface area contributed by atoms with E-state index in [0.29, 0.717) is 16.2 Å². The first kappa shape index (κ1) is 12.4. The second kappa shape index (κ2) is 3.71. The van der Waals surface area contributed by atoms with Crippen LogP contribution >= 0.6 is 11.3 Å². The van der Waals surface area contributed by atoms with Crippen molar-refractivity contribution in [3.05, 3.63) is 21.9 Å². The molecule has 0 radical (unpaired) electrons. The predicted molar refractivity (Wildman–Crippen MR) is 45.0 cm³/mol. The highest BCUT2D eigenvalue weighted by molar-refractivity contribution is 7.12. The maximum absolute atomic E-state index is 12.7. The zero-order valence-electron chi connectivity index (χ0n) is 7.48. The van der Waals surface area contributed by atoms with E-state index in [1.165, 1.54) is 6.07 Å². The Balaban J connectivity index is 2.99. The van der Waals surface area contributed by atoms with Gasteiger partial charge in [0.05, 0.1) is 0 Å². The van der Waals surface area contributed by atoms with E-state index < -0.39 is 23.1 Å². The van der Waals surface area contributed by atoms with Crippen molar-refractivity contribution in [1.29, 1.82) is 0 Å². The molecular formula is C8H7F5OS. The average molecular weight is 246 g/mol. The lowest BCUT2D eigenvalue weighted by atomic mass is 10.1. The lowest BCUT2D eigenvalue weighted by Crippen LogP contribution is -2.41. The van der Waals surface area contributed by atoms with Crippen molar-refractivity contribution >= 4 is 11.3 Å². The van der Waals surface area contributed by atoms with E-state index in [1.807, 2.05) is 0 Å². The van der Waals surface area contributed by atoms with Crippen molar-refractivity contribution in [1.82, 2.24) is 0 Å². The van der Waals surface area contributed by atoms with Crippen molar-refractivity contribution in [3.8, 4) is 0 Å². The Morgan fingerprint density at radius 2 is 1.73 bits per heavy atom. The summed E-state index contributed by atoms with van der Waals surface area (Å²) in [5.74, 6) is -5.12. The van der Waals surface area contributed by atoms with Crippen LogP contribution in [-0.2, 0) is 0 Å². The van der Waals surface area contributed by atoms with Crippen LogP contribution in [0.2, 0.25) is 0 Å². The van der Waals surface area contributed by atoms with Crippen LogP contribution in [0.3, 0.4) is 0 Å². The summed E-state index contributed by atoms with van der Waals surface area (Å²) in [6, 6.07) is 2.43. The molecule has 1 aromatic rings. The molecule has 7 heteroatoms. The van der Waals surface area contributed by atoms with Gasteiger partial charge in [-0.05, 0) is 19.1 Å². The fourth-order valence-corrected chi connectivity index (χ4v) is 1.84. The van der Waals surface area contributed by atoms with Crippen LogP contribution < -0.4 is 0 Å². The number of aliphatic hydroxyl groups excluding tert-OH is 1. The quantitative estimate of drug-likeness (QED) is 0.794. The molecule has 0 aromatic carbocycles. The summed E-state index contributed by atoms with van der Waals surface area (Å²) in [6.07, 6.45) is -8.58. The number of alkyl halides is 5. The Morgan fingerprint density at radius 3 is 2.07 bits per heavy atom. The second-order valence-corrected chi connectivity index (χ2v) is 4.29. The van der Waals surface area contributed by atoms with Gasteiger partial charge in [0.15, 0.2) is 6.10 Å². The number of thiophene rings is 1. The molecule has 15 heavy (non-hydrogen) atoms. The number of aryl methyl sites for hydroxylation is 1. The van der Waals surface area contributed by atoms with Gasteiger partial charge in [-0.2, -0.15) is 22.0 Å². The van der Waals surface area contributed by atoms with Crippen molar-refractivity contribution in [2.75, 3.05) is 0 Å².